The average molecular weight is 338 g/mol. The molecule has 2 rings (SSSR count). The third-order valence-electron chi connectivity index (χ3n) is 2.77. The van der Waals surface area contributed by atoms with Crippen molar-refractivity contribution < 1.29 is 13.2 Å². The van der Waals surface area contributed by atoms with Crippen LogP contribution >= 0.6 is 11.6 Å². The second-order valence-corrected chi connectivity index (χ2v) is 6.31. The number of carbonyl (C=O) groups excluding carboxylic acids is 1. The van der Waals surface area contributed by atoms with Crippen molar-refractivity contribution in [3.63, 3.8) is 0 Å². The Hall–Kier alpha value is -2.22. The SMILES string of the molecule is NC(=O)c1cc(S(N)(=O)=O)c(Cl)cc1N=Cc1ccccc1. The van der Waals surface area contributed by atoms with Crippen molar-refractivity contribution in [3.8, 4) is 0 Å². The van der Waals surface area contributed by atoms with Gasteiger partial charge in [0.25, 0.3) is 5.91 Å². The van der Waals surface area contributed by atoms with Crippen LogP contribution in [0.2, 0.25) is 5.02 Å². The first kappa shape index (κ1) is 16.2. The van der Waals surface area contributed by atoms with Crippen LogP contribution < -0.4 is 10.9 Å². The number of amides is 1. The smallest absolute Gasteiger partial charge is 0.250 e. The molecule has 0 atom stereocenters. The first-order chi connectivity index (χ1) is 10.3. The lowest BCUT2D eigenvalue weighted by Crippen LogP contribution is -2.16. The van der Waals surface area contributed by atoms with Gasteiger partial charge in [0.15, 0.2) is 0 Å². The molecule has 8 heteroatoms. The molecule has 0 spiro atoms. The van der Waals surface area contributed by atoms with Crippen molar-refractivity contribution >= 4 is 39.4 Å². The molecule has 0 saturated carbocycles. The first-order valence-electron chi connectivity index (χ1n) is 6.04. The predicted molar refractivity (Wildman–Crippen MR) is 85.0 cm³/mol. The number of sulfonamides is 1. The molecular weight excluding hydrogens is 326 g/mol. The molecule has 0 aliphatic carbocycles. The third-order valence-corrected chi connectivity index (χ3v) is 4.15. The fraction of sp³-hybridized carbons (Fsp3) is 0. The highest BCUT2D eigenvalue weighted by atomic mass is 35.5. The summed E-state index contributed by atoms with van der Waals surface area (Å²) in [5.41, 5.74) is 6.13. The van der Waals surface area contributed by atoms with E-state index in [2.05, 4.69) is 4.99 Å². The second-order valence-electron chi connectivity index (χ2n) is 4.38. The van der Waals surface area contributed by atoms with Crippen LogP contribution in [-0.2, 0) is 10.0 Å². The summed E-state index contributed by atoms with van der Waals surface area (Å²) >= 11 is 5.89. The molecule has 0 saturated heterocycles. The molecule has 22 heavy (non-hydrogen) atoms. The highest BCUT2D eigenvalue weighted by molar-refractivity contribution is 7.89. The highest BCUT2D eigenvalue weighted by Gasteiger charge is 2.18. The largest absolute Gasteiger partial charge is 0.366 e. The Kier molecular flexibility index (Phi) is 4.60. The van der Waals surface area contributed by atoms with Crippen molar-refractivity contribution in [3.05, 3.63) is 58.6 Å². The van der Waals surface area contributed by atoms with Crippen molar-refractivity contribution in [1.29, 1.82) is 0 Å². The van der Waals surface area contributed by atoms with E-state index in [4.69, 9.17) is 22.5 Å². The van der Waals surface area contributed by atoms with Gasteiger partial charge in [-0.25, -0.2) is 13.6 Å². The maximum atomic E-state index is 11.5. The van der Waals surface area contributed by atoms with E-state index in [0.29, 0.717) is 0 Å². The number of aliphatic imine (C=N–C) groups is 1. The molecule has 114 valence electrons. The van der Waals surface area contributed by atoms with Gasteiger partial charge < -0.3 is 5.73 Å². The van der Waals surface area contributed by atoms with Crippen LogP contribution in [0.5, 0.6) is 0 Å². The monoisotopic (exact) mass is 337 g/mol. The van der Waals surface area contributed by atoms with Crippen molar-refractivity contribution in [2.75, 3.05) is 0 Å². The molecule has 2 aromatic rings. The number of hydrogen-bond donors (Lipinski definition) is 2. The van der Waals surface area contributed by atoms with Crippen molar-refractivity contribution in [1.82, 2.24) is 0 Å². The van der Waals surface area contributed by atoms with E-state index in [9.17, 15) is 13.2 Å². The Morgan fingerprint density at radius 2 is 1.82 bits per heavy atom. The third kappa shape index (κ3) is 3.70. The predicted octanol–water partition coefficient (Wildman–Crippen LogP) is 1.84. The Balaban J connectivity index is 2.54. The van der Waals surface area contributed by atoms with E-state index in [1.165, 1.54) is 12.3 Å². The molecule has 4 N–H and O–H groups in total. The topological polar surface area (TPSA) is 116 Å². The van der Waals surface area contributed by atoms with Crippen LogP contribution in [0.25, 0.3) is 0 Å². The molecule has 0 aliphatic rings. The van der Waals surface area contributed by atoms with E-state index in [-0.39, 0.29) is 21.2 Å². The highest BCUT2D eigenvalue weighted by Crippen LogP contribution is 2.29. The number of hydrogen-bond acceptors (Lipinski definition) is 4. The second kappa shape index (κ2) is 6.27. The van der Waals surface area contributed by atoms with Crippen LogP contribution in [0.3, 0.4) is 0 Å². The van der Waals surface area contributed by atoms with Gasteiger partial charge in [-0.05, 0) is 17.7 Å². The summed E-state index contributed by atoms with van der Waals surface area (Å²) in [6.07, 6.45) is 1.51. The van der Waals surface area contributed by atoms with Crippen LogP contribution in [0, 0.1) is 0 Å². The van der Waals surface area contributed by atoms with Gasteiger partial charge >= 0.3 is 0 Å². The van der Waals surface area contributed by atoms with Gasteiger partial charge in [-0.2, -0.15) is 0 Å². The molecule has 0 fully saturated rings. The molecule has 0 bridgehead atoms. The number of primary sulfonamides is 1. The van der Waals surface area contributed by atoms with Crippen molar-refractivity contribution in [2.45, 2.75) is 4.90 Å². The summed E-state index contributed by atoms with van der Waals surface area (Å²) in [5, 5.41) is 4.91. The zero-order valence-corrected chi connectivity index (χ0v) is 12.8. The summed E-state index contributed by atoms with van der Waals surface area (Å²) in [6.45, 7) is 0. The number of halogens is 1. The number of carbonyl (C=O) groups is 1. The minimum absolute atomic E-state index is 0.0828. The number of primary amides is 1. The minimum Gasteiger partial charge on any atom is -0.366 e. The lowest BCUT2D eigenvalue weighted by atomic mass is 10.1. The Morgan fingerprint density at radius 1 is 1.18 bits per heavy atom. The van der Waals surface area contributed by atoms with Crippen LogP contribution in [0.15, 0.2) is 52.4 Å². The number of nitrogens with two attached hydrogens (primary N) is 2. The molecule has 0 aromatic heterocycles. The van der Waals surface area contributed by atoms with Gasteiger partial charge in [0.05, 0.1) is 16.3 Å². The molecular formula is C14H12ClN3O3S. The number of rotatable bonds is 4. The normalized spacial score (nSPS) is 11.7. The van der Waals surface area contributed by atoms with Gasteiger partial charge in [0.2, 0.25) is 10.0 Å². The summed E-state index contributed by atoms with van der Waals surface area (Å²) in [6, 6.07) is 11.4. The average Bonchev–Trinajstić information content (AvgIpc) is 2.44. The van der Waals surface area contributed by atoms with E-state index < -0.39 is 15.9 Å². The van der Waals surface area contributed by atoms with E-state index in [0.717, 1.165) is 11.6 Å². The Labute approximate surface area is 132 Å². The zero-order valence-electron chi connectivity index (χ0n) is 11.2. The van der Waals surface area contributed by atoms with E-state index in [1.54, 1.807) is 0 Å². The van der Waals surface area contributed by atoms with Crippen molar-refractivity contribution in [2.24, 2.45) is 15.9 Å². The van der Waals surface area contributed by atoms with Crippen LogP contribution in [0.4, 0.5) is 5.69 Å². The molecule has 1 amide bonds. The zero-order chi connectivity index (χ0) is 16.3. The Bertz CT molecular complexity index is 849. The maximum Gasteiger partial charge on any atom is 0.250 e. The van der Waals surface area contributed by atoms with Gasteiger partial charge in [-0.15, -0.1) is 0 Å². The molecule has 0 heterocycles. The van der Waals surface area contributed by atoms with E-state index >= 15 is 0 Å². The number of benzene rings is 2. The van der Waals surface area contributed by atoms with Gasteiger partial charge in [0, 0.05) is 6.21 Å². The van der Waals surface area contributed by atoms with Gasteiger partial charge in [-0.1, -0.05) is 41.9 Å². The summed E-state index contributed by atoms with van der Waals surface area (Å²) < 4.78 is 22.8. The fourth-order valence-electron chi connectivity index (χ4n) is 1.75. The number of nitrogens with zero attached hydrogens (tertiary/aromatic N) is 1. The van der Waals surface area contributed by atoms with Gasteiger partial charge in [-0.3, -0.25) is 9.79 Å². The standard InChI is InChI=1S/C14H12ClN3O3S/c15-11-7-12(18-8-9-4-2-1-3-5-9)10(14(16)19)6-13(11)22(17,20)21/h1-8H,(H2,16,19)(H2,17,20,21). The summed E-state index contributed by atoms with van der Waals surface area (Å²) in [4.78, 5) is 15.3. The lowest BCUT2D eigenvalue weighted by Gasteiger charge is -2.07. The molecule has 0 unspecified atom stereocenters. The Morgan fingerprint density at radius 3 is 2.36 bits per heavy atom. The van der Waals surface area contributed by atoms with Crippen LogP contribution in [0.1, 0.15) is 15.9 Å². The minimum atomic E-state index is -4.06. The molecule has 0 radical (unpaired) electrons. The first-order valence-corrected chi connectivity index (χ1v) is 7.97. The summed E-state index contributed by atoms with van der Waals surface area (Å²) in [5.74, 6) is -0.832. The maximum absolute atomic E-state index is 11.5. The van der Waals surface area contributed by atoms with Crippen LogP contribution in [-0.4, -0.2) is 20.5 Å². The lowest BCUT2D eigenvalue weighted by molar-refractivity contribution is 0.100. The van der Waals surface area contributed by atoms with E-state index in [1.807, 2.05) is 30.3 Å². The van der Waals surface area contributed by atoms with Gasteiger partial charge in [0.1, 0.15) is 4.90 Å². The molecule has 6 nitrogen and oxygen atoms in total. The molecule has 0 aliphatic heterocycles. The fourth-order valence-corrected chi connectivity index (χ4v) is 2.84. The summed E-state index contributed by atoms with van der Waals surface area (Å²) in [7, 11) is -4.06. The molecule has 2 aromatic carbocycles. The quantitative estimate of drug-likeness (QED) is 0.829.